The van der Waals surface area contributed by atoms with Gasteiger partial charge >= 0.3 is 5.97 Å². The fourth-order valence-electron chi connectivity index (χ4n) is 1.63. The molecule has 8 heteroatoms. The Morgan fingerprint density at radius 3 is 2.71 bits per heavy atom. The predicted octanol–water partition coefficient (Wildman–Crippen LogP) is 2.48. The van der Waals surface area contributed by atoms with Crippen LogP contribution in [0.3, 0.4) is 0 Å². The summed E-state index contributed by atoms with van der Waals surface area (Å²) in [6.07, 6.45) is 0.472. The number of nitro benzene ring substituents is 1. The van der Waals surface area contributed by atoms with Gasteiger partial charge in [-0.05, 0) is 24.5 Å². The summed E-state index contributed by atoms with van der Waals surface area (Å²) < 4.78 is 0. The number of nitro groups is 1. The zero-order valence-corrected chi connectivity index (χ0v) is 12.1. The number of carbonyl (C=O) groups is 2. The van der Waals surface area contributed by atoms with Gasteiger partial charge in [0.05, 0.1) is 4.92 Å². The lowest BCUT2D eigenvalue weighted by Gasteiger charge is -2.11. The molecule has 0 radical (unpaired) electrons. The van der Waals surface area contributed by atoms with Gasteiger partial charge < -0.3 is 10.4 Å². The average molecular weight is 315 g/mol. The zero-order valence-electron chi connectivity index (χ0n) is 11.3. The minimum Gasteiger partial charge on any atom is -0.481 e. The van der Waals surface area contributed by atoms with Crippen LogP contribution >= 0.6 is 11.6 Å². The number of aliphatic carboxylic acids is 1. The summed E-state index contributed by atoms with van der Waals surface area (Å²) in [6, 6.07) is 3.80. The normalized spacial score (nSPS) is 11.7. The van der Waals surface area contributed by atoms with Crippen LogP contribution in [0.25, 0.3) is 0 Å². The number of rotatable bonds is 7. The number of nitrogens with one attached hydrogen (secondary N) is 1. The van der Waals surface area contributed by atoms with E-state index < -0.39 is 16.8 Å². The third-order valence-electron chi connectivity index (χ3n) is 2.87. The van der Waals surface area contributed by atoms with Crippen molar-refractivity contribution in [1.29, 1.82) is 0 Å². The van der Waals surface area contributed by atoms with E-state index >= 15 is 0 Å². The Hall–Kier alpha value is -2.15. The van der Waals surface area contributed by atoms with Crippen LogP contribution < -0.4 is 5.32 Å². The molecule has 0 fully saturated rings. The molecule has 0 spiro atoms. The van der Waals surface area contributed by atoms with Crippen molar-refractivity contribution in [3.8, 4) is 0 Å². The summed E-state index contributed by atoms with van der Waals surface area (Å²) >= 11 is 5.67. The molecule has 1 atom stereocenters. The topological polar surface area (TPSA) is 110 Å². The SMILES string of the molecule is CC(CCC(=O)O)CNC(=O)c1ccc(Cl)c([N+](=O)[O-])c1. The Morgan fingerprint density at radius 1 is 1.48 bits per heavy atom. The second kappa shape index (κ2) is 7.58. The smallest absolute Gasteiger partial charge is 0.303 e. The minimum atomic E-state index is -0.887. The van der Waals surface area contributed by atoms with Crippen LogP contribution in [0.15, 0.2) is 18.2 Å². The van der Waals surface area contributed by atoms with Gasteiger partial charge in [0, 0.05) is 24.6 Å². The van der Waals surface area contributed by atoms with Gasteiger partial charge in [-0.3, -0.25) is 19.7 Å². The van der Waals surface area contributed by atoms with E-state index in [1.807, 2.05) is 6.92 Å². The van der Waals surface area contributed by atoms with Crippen molar-refractivity contribution >= 4 is 29.2 Å². The highest BCUT2D eigenvalue weighted by molar-refractivity contribution is 6.32. The molecule has 0 aliphatic heterocycles. The monoisotopic (exact) mass is 314 g/mol. The first kappa shape index (κ1) is 16.9. The number of carboxylic acids is 1. The number of carbonyl (C=O) groups excluding carboxylic acids is 1. The van der Waals surface area contributed by atoms with Crippen molar-refractivity contribution in [3.05, 3.63) is 38.9 Å². The van der Waals surface area contributed by atoms with Gasteiger partial charge in [0.1, 0.15) is 5.02 Å². The zero-order chi connectivity index (χ0) is 16.0. The Kier molecular flexibility index (Phi) is 6.10. The lowest BCUT2D eigenvalue weighted by atomic mass is 10.1. The molecule has 0 aromatic heterocycles. The molecule has 2 N–H and O–H groups in total. The molecule has 1 rings (SSSR count). The molecule has 0 saturated carbocycles. The number of halogens is 1. The molecule has 1 aromatic carbocycles. The Balaban J connectivity index is 2.62. The fraction of sp³-hybridized carbons (Fsp3) is 0.385. The molecule has 7 nitrogen and oxygen atoms in total. The average Bonchev–Trinajstić information content (AvgIpc) is 2.42. The number of carboxylic acid groups (broad SMARTS) is 1. The van der Waals surface area contributed by atoms with Gasteiger partial charge in [-0.2, -0.15) is 0 Å². The standard InChI is InChI=1S/C13H15ClN2O5/c1-8(2-5-12(17)18)7-15-13(19)9-3-4-10(14)11(6-9)16(20)21/h3-4,6,8H,2,5,7H2,1H3,(H,15,19)(H,17,18). The van der Waals surface area contributed by atoms with Gasteiger partial charge in [0.15, 0.2) is 0 Å². The van der Waals surface area contributed by atoms with E-state index in [1.54, 1.807) is 0 Å². The van der Waals surface area contributed by atoms with E-state index in [0.29, 0.717) is 13.0 Å². The van der Waals surface area contributed by atoms with Crippen LogP contribution in [0.1, 0.15) is 30.1 Å². The van der Waals surface area contributed by atoms with E-state index in [2.05, 4.69) is 5.32 Å². The van der Waals surface area contributed by atoms with E-state index in [9.17, 15) is 19.7 Å². The van der Waals surface area contributed by atoms with Gasteiger partial charge in [0.2, 0.25) is 0 Å². The van der Waals surface area contributed by atoms with Crippen molar-refractivity contribution in [3.63, 3.8) is 0 Å². The van der Waals surface area contributed by atoms with Gasteiger partial charge in [-0.25, -0.2) is 0 Å². The summed E-state index contributed by atoms with van der Waals surface area (Å²) in [5.41, 5.74) is -0.195. The molecular weight excluding hydrogens is 300 g/mol. The van der Waals surface area contributed by atoms with E-state index in [0.717, 1.165) is 6.07 Å². The molecule has 0 aliphatic carbocycles. The first-order chi connectivity index (χ1) is 9.81. The summed E-state index contributed by atoms with van der Waals surface area (Å²) in [4.78, 5) is 32.4. The Bertz CT molecular complexity index is 561. The summed E-state index contributed by atoms with van der Waals surface area (Å²) in [5, 5.41) is 21.9. The van der Waals surface area contributed by atoms with Crippen molar-refractivity contribution < 1.29 is 19.6 Å². The van der Waals surface area contributed by atoms with Crippen LogP contribution in [0.2, 0.25) is 5.02 Å². The van der Waals surface area contributed by atoms with Crippen molar-refractivity contribution in [1.82, 2.24) is 5.32 Å². The second-order valence-corrected chi connectivity index (χ2v) is 5.08. The van der Waals surface area contributed by atoms with Crippen LogP contribution in [0.5, 0.6) is 0 Å². The maximum Gasteiger partial charge on any atom is 0.303 e. The highest BCUT2D eigenvalue weighted by Gasteiger charge is 2.16. The molecule has 1 aromatic rings. The molecular formula is C13H15ClN2O5. The number of hydrogen-bond donors (Lipinski definition) is 2. The summed E-state index contributed by atoms with van der Waals surface area (Å²) in [6.45, 7) is 2.11. The number of hydrogen-bond acceptors (Lipinski definition) is 4. The van der Waals surface area contributed by atoms with Gasteiger partial charge in [-0.1, -0.05) is 18.5 Å². The third kappa shape index (κ3) is 5.39. The number of nitrogens with zero attached hydrogens (tertiary/aromatic N) is 1. The minimum absolute atomic E-state index is 0.00710. The summed E-state index contributed by atoms with van der Waals surface area (Å²) in [7, 11) is 0. The molecule has 21 heavy (non-hydrogen) atoms. The summed E-state index contributed by atoms with van der Waals surface area (Å²) in [5.74, 6) is -1.36. The Labute approximate surface area is 126 Å². The van der Waals surface area contributed by atoms with Crippen LogP contribution in [-0.2, 0) is 4.79 Å². The van der Waals surface area contributed by atoms with Gasteiger partial charge in [0.25, 0.3) is 11.6 Å². The predicted molar refractivity (Wildman–Crippen MR) is 76.5 cm³/mol. The van der Waals surface area contributed by atoms with Gasteiger partial charge in [-0.15, -0.1) is 0 Å². The Morgan fingerprint density at radius 2 is 2.14 bits per heavy atom. The maximum atomic E-state index is 11.9. The van der Waals surface area contributed by atoms with E-state index in [4.69, 9.17) is 16.7 Å². The van der Waals surface area contributed by atoms with Crippen LogP contribution in [0, 0.1) is 16.0 Å². The second-order valence-electron chi connectivity index (χ2n) is 4.67. The molecule has 114 valence electrons. The third-order valence-corrected chi connectivity index (χ3v) is 3.19. The highest BCUT2D eigenvalue weighted by atomic mass is 35.5. The van der Waals surface area contributed by atoms with Crippen molar-refractivity contribution in [2.75, 3.05) is 6.54 Å². The van der Waals surface area contributed by atoms with Crippen LogP contribution in [0.4, 0.5) is 5.69 Å². The van der Waals surface area contributed by atoms with Crippen molar-refractivity contribution in [2.24, 2.45) is 5.92 Å². The van der Waals surface area contributed by atoms with E-state index in [1.165, 1.54) is 12.1 Å². The highest BCUT2D eigenvalue weighted by Crippen LogP contribution is 2.25. The quantitative estimate of drug-likeness (QED) is 0.593. The first-order valence-corrected chi connectivity index (χ1v) is 6.63. The van der Waals surface area contributed by atoms with E-state index in [-0.39, 0.29) is 28.6 Å². The lowest BCUT2D eigenvalue weighted by molar-refractivity contribution is -0.384. The molecule has 0 bridgehead atoms. The molecule has 0 aliphatic rings. The molecule has 0 saturated heterocycles. The van der Waals surface area contributed by atoms with Crippen molar-refractivity contribution in [2.45, 2.75) is 19.8 Å². The number of benzene rings is 1. The fourth-order valence-corrected chi connectivity index (χ4v) is 1.82. The largest absolute Gasteiger partial charge is 0.481 e. The molecule has 0 heterocycles. The molecule has 1 amide bonds. The number of amides is 1. The lowest BCUT2D eigenvalue weighted by Crippen LogP contribution is -2.28. The van der Waals surface area contributed by atoms with Crippen LogP contribution in [-0.4, -0.2) is 28.5 Å². The first-order valence-electron chi connectivity index (χ1n) is 6.25. The molecule has 1 unspecified atom stereocenters. The maximum absolute atomic E-state index is 11.9.